The van der Waals surface area contributed by atoms with Crippen LogP contribution in [-0.4, -0.2) is 9.97 Å². The molecule has 1 aliphatic carbocycles. The Bertz CT molecular complexity index is 492. The summed E-state index contributed by atoms with van der Waals surface area (Å²) in [5.41, 5.74) is 3.64. The minimum atomic E-state index is 0.681. The number of aromatic nitrogens is 2. The van der Waals surface area contributed by atoms with Gasteiger partial charge in [-0.2, -0.15) is 0 Å². The number of hydrogen-bond acceptors (Lipinski definition) is 1. The summed E-state index contributed by atoms with van der Waals surface area (Å²) in [4.78, 5) is 7.91. The van der Waals surface area contributed by atoms with Crippen molar-refractivity contribution in [3.63, 3.8) is 0 Å². The molecule has 1 heterocycles. The Balaban J connectivity index is 2.07. The van der Waals surface area contributed by atoms with E-state index < -0.39 is 0 Å². The minimum absolute atomic E-state index is 0.681. The summed E-state index contributed by atoms with van der Waals surface area (Å²) in [6.45, 7) is 2.02. The summed E-state index contributed by atoms with van der Waals surface area (Å²) >= 11 is 0. The molecule has 1 N–H and O–H groups in total. The van der Waals surface area contributed by atoms with Crippen molar-refractivity contribution in [1.29, 1.82) is 0 Å². The molecule has 16 heavy (non-hydrogen) atoms. The summed E-state index contributed by atoms with van der Waals surface area (Å²) in [6.07, 6.45) is 6.73. The molecular formula is C14H17N2. The van der Waals surface area contributed by atoms with Gasteiger partial charge in [0.1, 0.15) is 5.82 Å². The van der Waals surface area contributed by atoms with E-state index in [2.05, 4.69) is 22.1 Å². The van der Waals surface area contributed by atoms with Crippen LogP contribution in [0, 0.1) is 13.0 Å². The van der Waals surface area contributed by atoms with Gasteiger partial charge in [-0.3, -0.25) is 0 Å². The molecule has 83 valence electrons. The first-order valence-electron chi connectivity index (χ1n) is 6.21. The molecule has 0 atom stereocenters. The van der Waals surface area contributed by atoms with E-state index in [1.807, 2.05) is 13.0 Å². The maximum Gasteiger partial charge on any atom is 0.104 e. The van der Waals surface area contributed by atoms with E-state index in [4.69, 9.17) is 0 Å². The number of fused-ring (bicyclic) bond motifs is 1. The lowest BCUT2D eigenvalue weighted by Crippen LogP contribution is -2.05. The van der Waals surface area contributed by atoms with Crippen LogP contribution in [0.5, 0.6) is 0 Å². The van der Waals surface area contributed by atoms with E-state index >= 15 is 0 Å². The smallest absolute Gasteiger partial charge is 0.104 e. The van der Waals surface area contributed by atoms with Crippen LogP contribution in [0.15, 0.2) is 12.1 Å². The van der Waals surface area contributed by atoms with Crippen LogP contribution in [0.1, 0.15) is 49.4 Å². The fraction of sp³-hybridized carbons (Fsp3) is 0.500. The Labute approximate surface area is 96.1 Å². The molecule has 0 unspecified atom stereocenters. The van der Waals surface area contributed by atoms with Crippen molar-refractivity contribution in [3.05, 3.63) is 29.6 Å². The number of nitrogens with one attached hydrogen (secondary N) is 1. The van der Waals surface area contributed by atoms with E-state index in [1.165, 1.54) is 37.7 Å². The van der Waals surface area contributed by atoms with E-state index in [-0.39, 0.29) is 0 Å². The van der Waals surface area contributed by atoms with Gasteiger partial charge >= 0.3 is 0 Å². The number of benzene rings is 1. The van der Waals surface area contributed by atoms with Crippen LogP contribution in [0.25, 0.3) is 11.0 Å². The Morgan fingerprint density at radius 2 is 2.12 bits per heavy atom. The lowest BCUT2D eigenvalue weighted by molar-refractivity contribution is 0.445. The van der Waals surface area contributed by atoms with Gasteiger partial charge in [-0.05, 0) is 43.4 Å². The van der Waals surface area contributed by atoms with Gasteiger partial charge in [-0.25, -0.2) is 4.98 Å². The standard InChI is InChI=1S/C14H17N2/c1-10-15-13-9-5-8-12(14(13)16-10)11-6-3-2-4-7-11/h5,9,11H,2-4,6-7H2,1H3,(H,15,16). The Kier molecular flexibility index (Phi) is 2.43. The number of rotatable bonds is 1. The van der Waals surface area contributed by atoms with Crippen LogP contribution < -0.4 is 0 Å². The molecule has 0 bridgehead atoms. The summed E-state index contributed by atoms with van der Waals surface area (Å²) < 4.78 is 0. The fourth-order valence-corrected chi connectivity index (χ4v) is 2.82. The summed E-state index contributed by atoms with van der Waals surface area (Å²) in [5, 5.41) is 0. The average molecular weight is 213 g/mol. The van der Waals surface area contributed by atoms with Crippen molar-refractivity contribution in [2.24, 2.45) is 0 Å². The normalized spacial score (nSPS) is 18.1. The number of nitrogens with zero attached hydrogens (tertiary/aromatic N) is 1. The van der Waals surface area contributed by atoms with Crippen molar-refractivity contribution in [2.45, 2.75) is 44.9 Å². The molecule has 1 aromatic carbocycles. The van der Waals surface area contributed by atoms with Crippen molar-refractivity contribution < 1.29 is 0 Å². The number of imidazole rings is 1. The molecule has 1 radical (unpaired) electrons. The van der Waals surface area contributed by atoms with Gasteiger partial charge < -0.3 is 4.98 Å². The van der Waals surface area contributed by atoms with Crippen molar-refractivity contribution >= 4 is 11.0 Å². The van der Waals surface area contributed by atoms with Crippen LogP contribution in [0.3, 0.4) is 0 Å². The van der Waals surface area contributed by atoms with Gasteiger partial charge in [-0.1, -0.05) is 25.3 Å². The second-order valence-electron chi connectivity index (χ2n) is 4.81. The molecule has 3 rings (SSSR count). The van der Waals surface area contributed by atoms with Gasteiger partial charge in [0.05, 0.1) is 11.0 Å². The van der Waals surface area contributed by atoms with Crippen molar-refractivity contribution in [3.8, 4) is 0 Å². The second-order valence-corrected chi connectivity index (χ2v) is 4.81. The topological polar surface area (TPSA) is 28.7 Å². The zero-order chi connectivity index (χ0) is 11.0. The first-order chi connectivity index (χ1) is 7.84. The lowest BCUT2D eigenvalue weighted by atomic mass is 9.83. The third kappa shape index (κ3) is 1.62. The van der Waals surface area contributed by atoms with Crippen LogP contribution in [0.2, 0.25) is 0 Å². The Morgan fingerprint density at radius 1 is 1.31 bits per heavy atom. The summed E-state index contributed by atoms with van der Waals surface area (Å²) in [5.74, 6) is 1.69. The minimum Gasteiger partial charge on any atom is -0.342 e. The third-order valence-electron chi connectivity index (χ3n) is 3.61. The molecule has 1 saturated carbocycles. The quantitative estimate of drug-likeness (QED) is 0.768. The highest BCUT2D eigenvalue weighted by Crippen LogP contribution is 2.35. The molecule has 0 saturated heterocycles. The van der Waals surface area contributed by atoms with Gasteiger partial charge in [0.2, 0.25) is 0 Å². The molecule has 1 fully saturated rings. The van der Waals surface area contributed by atoms with Crippen molar-refractivity contribution in [1.82, 2.24) is 9.97 Å². The zero-order valence-electron chi connectivity index (χ0n) is 9.71. The van der Waals surface area contributed by atoms with E-state index in [0.29, 0.717) is 5.92 Å². The molecule has 2 nitrogen and oxygen atoms in total. The maximum atomic E-state index is 4.60. The van der Waals surface area contributed by atoms with Crippen LogP contribution in [0.4, 0.5) is 0 Å². The zero-order valence-corrected chi connectivity index (χ0v) is 9.71. The Morgan fingerprint density at radius 3 is 2.94 bits per heavy atom. The number of hydrogen-bond donors (Lipinski definition) is 1. The monoisotopic (exact) mass is 213 g/mol. The predicted molar refractivity (Wildman–Crippen MR) is 65.5 cm³/mol. The second kappa shape index (κ2) is 3.93. The van der Waals surface area contributed by atoms with E-state index in [9.17, 15) is 0 Å². The van der Waals surface area contributed by atoms with Crippen LogP contribution in [-0.2, 0) is 0 Å². The maximum absolute atomic E-state index is 4.60. The molecule has 0 amide bonds. The largest absolute Gasteiger partial charge is 0.342 e. The molecular weight excluding hydrogens is 196 g/mol. The highest BCUT2D eigenvalue weighted by Gasteiger charge is 2.18. The number of H-pyrrole nitrogens is 1. The Hall–Kier alpha value is -1.31. The van der Waals surface area contributed by atoms with E-state index in [1.54, 1.807) is 0 Å². The fourth-order valence-electron chi connectivity index (χ4n) is 2.82. The first kappa shape index (κ1) is 9.88. The van der Waals surface area contributed by atoms with E-state index in [0.717, 1.165) is 16.9 Å². The first-order valence-corrected chi connectivity index (χ1v) is 6.21. The number of aromatic amines is 1. The van der Waals surface area contributed by atoms with Crippen LogP contribution >= 0.6 is 0 Å². The average Bonchev–Trinajstić information content (AvgIpc) is 2.70. The molecule has 1 aromatic heterocycles. The van der Waals surface area contributed by atoms with Crippen molar-refractivity contribution in [2.75, 3.05) is 0 Å². The molecule has 0 aliphatic heterocycles. The van der Waals surface area contributed by atoms with Gasteiger partial charge in [0, 0.05) is 0 Å². The molecule has 2 heteroatoms. The summed E-state index contributed by atoms with van der Waals surface area (Å²) in [6, 6.07) is 7.51. The molecule has 0 spiro atoms. The highest BCUT2D eigenvalue weighted by molar-refractivity contribution is 5.79. The third-order valence-corrected chi connectivity index (χ3v) is 3.61. The van der Waals surface area contributed by atoms with Gasteiger partial charge in [0.25, 0.3) is 0 Å². The lowest BCUT2D eigenvalue weighted by Gasteiger charge is -2.21. The molecule has 1 aliphatic rings. The molecule has 2 aromatic rings. The number of aryl methyl sites for hydroxylation is 1. The SMILES string of the molecule is Cc1nc2c(C3CCCCC3)[c]ccc2[nH]1. The highest BCUT2D eigenvalue weighted by atomic mass is 14.9. The predicted octanol–water partition coefficient (Wildman–Crippen LogP) is 3.72. The van der Waals surface area contributed by atoms with Gasteiger partial charge in [-0.15, -0.1) is 0 Å². The summed E-state index contributed by atoms with van der Waals surface area (Å²) in [7, 11) is 0. The van der Waals surface area contributed by atoms with Gasteiger partial charge in [0.15, 0.2) is 0 Å².